The average molecular weight is 295 g/mol. The number of rotatable bonds is 5. The third-order valence-electron chi connectivity index (χ3n) is 2.86. The second-order valence-electron chi connectivity index (χ2n) is 4.34. The SMILES string of the molecule is CN(Cc1ccc(Cl)s1)C(C(N)=O)c1ccccc1. The maximum absolute atomic E-state index is 11.7. The second-order valence-corrected chi connectivity index (χ2v) is 6.14. The normalized spacial score (nSPS) is 12.6. The predicted molar refractivity (Wildman–Crippen MR) is 79.2 cm³/mol. The van der Waals surface area contributed by atoms with Gasteiger partial charge in [-0.2, -0.15) is 0 Å². The van der Waals surface area contributed by atoms with Crippen molar-refractivity contribution in [3.8, 4) is 0 Å². The number of amides is 1. The summed E-state index contributed by atoms with van der Waals surface area (Å²) in [5.74, 6) is -0.351. The molecule has 0 saturated heterocycles. The molecule has 1 amide bonds. The molecule has 0 saturated carbocycles. The van der Waals surface area contributed by atoms with Gasteiger partial charge >= 0.3 is 0 Å². The Morgan fingerprint density at radius 1 is 1.32 bits per heavy atom. The molecule has 2 N–H and O–H groups in total. The van der Waals surface area contributed by atoms with Gasteiger partial charge in [0.1, 0.15) is 6.04 Å². The number of carbonyl (C=O) groups is 1. The fraction of sp³-hybridized carbons (Fsp3) is 0.214. The van der Waals surface area contributed by atoms with Crippen molar-refractivity contribution < 1.29 is 4.79 Å². The lowest BCUT2D eigenvalue weighted by molar-refractivity contribution is -0.123. The highest BCUT2D eigenvalue weighted by molar-refractivity contribution is 7.16. The monoisotopic (exact) mass is 294 g/mol. The number of nitrogens with zero attached hydrogens (tertiary/aromatic N) is 1. The Hall–Kier alpha value is -1.36. The molecule has 0 fully saturated rings. The number of likely N-dealkylation sites (N-methyl/N-ethyl adjacent to an activating group) is 1. The summed E-state index contributed by atoms with van der Waals surface area (Å²) in [5.41, 5.74) is 6.43. The highest BCUT2D eigenvalue weighted by atomic mass is 35.5. The van der Waals surface area contributed by atoms with Crippen molar-refractivity contribution in [2.24, 2.45) is 5.73 Å². The minimum absolute atomic E-state index is 0.351. The Bertz CT molecular complexity index is 556. The molecule has 3 nitrogen and oxygen atoms in total. The van der Waals surface area contributed by atoms with Crippen molar-refractivity contribution in [1.82, 2.24) is 4.90 Å². The van der Waals surface area contributed by atoms with E-state index < -0.39 is 6.04 Å². The van der Waals surface area contributed by atoms with Gasteiger partial charge in [0.2, 0.25) is 5.91 Å². The first-order chi connectivity index (χ1) is 9.08. The number of thiophene rings is 1. The molecular formula is C14H15ClN2OS. The van der Waals surface area contributed by atoms with Crippen molar-refractivity contribution in [3.05, 3.63) is 57.2 Å². The standard InChI is InChI=1S/C14H15ClN2OS/c1-17(9-11-7-8-12(15)19-11)13(14(16)18)10-5-3-2-4-6-10/h2-8,13H,9H2,1H3,(H2,16,18). The third kappa shape index (κ3) is 3.56. The Morgan fingerprint density at radius 3 is 2.53 bits per heavy atom. The van der Waals surface area contributed by atoms with Crippen LogP contribution in [0.5, 0.6) is 0 Å². The van der Waals surface area contributed by atoms with Gasteiger partial charge in [0.05, 0.1) is 4.34 Å². The van der Waals surface area contributed by atoms with Crippen LogP contribution in [0.4, 0.5) is 0 Å². The minimum atomic E-state index is -0.429. The van der Waals surface area contributed by atoms with Crippen molar-refractivity contribution >= 4 is 28.8 Å². The smallest absolute Gasteiger partial charge is 0.239 e. The zero-order chi connectivity index (χ0) is 13.8. The number of primary amides is 1. The van der Waals surface area contributed by atoms with Crippen LogP contribution in [0.15, 0.2) is 42.5 Å². The molecule has 0 aliphatic rings. The number of hydrogen-bond donors (Lipinski definition) is 1. The van der Waals surface area contributed by atoms with Crippen LogP contribution in [0.2, 0.25) is 4.34 Å². The van der Waals surface area contributed by atoms with Crippen LogP contribution >= 0.6 is 22.9 Å². The number of hydrogen-bond acceptors (Lipinski definition) is 3. The molecule has 19 heavy (non-hydrogen) atoms. The molecule has 0 aliphatic heterocycles. The van der Waals surface area contributed by atoms with E-state index in [4.69, 9.17) is 17.3 Å². The molecule has 2 rings (SSSR count). The van der Waals surface area contributed by atoms with Gasteiger partial charge in [-0.05, 0) is 24.7 Å². The fourth-order valence-corrected chi connectivity index (χ4v) is 3.20. The molecule has 1 unspecified atom stereocenters. The molecule has 1 aromatic carbocycles. The topological polar surface area (TPSA) is 46.3 Å². The zero-order valence-electron chi connectivity index (χ0n) is 10.5. The number of benzene rings is 1. The van der Waals surface area contributed by atoms with Gasteiger partial charge in [0.15, 0.2) is 0 Å². The first kappa shape index (κ1) is 14.1. The van der Waals surface area contributed by atoms with Crippen molar-refractivity contribution in [2.45, 2.75) is 12.6 Å². The third-order valence-corrected chi connectivity index (χ3v) is 4.08. The van der Waals surface area contributed by atoms with Crippen LogP contribution in [-0.2, 0) is 11.3 Å². The second kappa shape index (κ2) is 6.19. The highest BCUT2D eigenvalue weighted by Gasteiger charge is 2.22. The van der Waals surface area contributed by atoms with Crippen molar-refractivity contribution in [1.29, 1.82) is 0 Å². The summed E-state index contributed by atoms with van der Waals surface area (Å²) in [6, 6.07) is 12.9. The summed E-state index contributed by atoms with van der Waals surface area (Å²) >= 11 is 7.42. The van der Waals surface area contributed by atoms with Gasteiger partial charge in [-0.1, -0.05) is 41.9 Å². The van der Waals surface area contributed by atoms with Crippen LogP contribution in [0, 0.1) is 0 Å². The van der Waals surface area contributed by atoms with E-state index >= 15 is 0 Å². The summed E-state index contributed by atoms with van der Waals surface area (Å²) in [6.07, 6.45) is 0. The van der Waals surface area contributed by atoms with E-state index in [1.165, 1.54) is 11.3 Å². The lowest BCUT2D eigenvalue weighted by Crippen LogP contribution is -2.34. The quantitative estimate of drug-likeness (QED) is 0.921. The van der Waals surface area contributed by atoms with E-state index in [9.17, 15) is 4.79 Å². The molecule has 5 heteroatoms. The molecule has 1 heterocycles. The minimum Gasteiger partial charge on any atom is -0.368 e. The van der Waals surface area contributed by atoms with E-state index in [0.29, 0.717) is 6.54 Å². The molecule has 0 bridgehead atoms. The van der Waals surface area contributed by atoms with E-state index in [2.05, 4.69) is 0 Å². The van der Waals surface area contributed by atoms with Crippen molar-refractivity contribution in [2.75, 3.05) is 7.05 Å². The van der Waals surface area contributed by atoms with Crippen LogP contribution in [0.3, 0.4) is 0 Å². The maximum Gasteiger partial charge on any atom is 0.239 e. The molecule has 1 atom stereocenters. The van der Waals surface area contributed by atoms with Gasteiger partial charge in [-0.3, -0.25) is 9.69 Å². The predicted octanol–water partition coefficient (Wildman–Crippen LogP) is 3.06. The van der Waals surface area contributed by atoms with E-state index in [0.717, 1.165) is 14.8 Å². The largest absolute Gasteiger partial charge is 0.368 e. The number of nitrogens with two attached hydrogens (primary N) is 1. The van der Waals surface area contributed by atoms with E-state index in [-0.39, 0.29) is 5.91 Å². The lowest BCUT2D eigenvalue weighted by Gasteiger charge is -2.25. The Balaban J connectivity index is 2.18. The molecule has 0 spiro atoms. The molecule has 1 aromatic heterocycles. The molecule has 2 aromatic rings. The van der Waals surface area contributed by atoms with Gasteiger partial charge < -0.3 is 5.73 Å². The lowest BCUT2D eigenvalue weighted by atomic mass is 10.1. The summed E-state index contributed by atoms with van der Waals surface area (Å²) in [5, 5.41) is 0. The number of carbonyl (C=O) groups excluding carboxylic acids is 1. The highest BCUT2D eigenvalue weighted by Crippen LogP contribution is 2.26. The van der Waals surface area contributed by atoms with Crippen LogP contribution in [0.25, 0.3) is 0 Å². The summed E-state index contributed by atoms with van der Waals surface area (Å²) < 4.78 is 0.749. The molecule has 0 radical (unpaired) electrons. The summed E-state index contributed by atoms with van der Waals surface area (Å²) in [6.45, 7) is 0.639. The first-order valence-electron chi connectivity index (χ1n) is 5.86. The van der Waals surface area contributed by atoms with Gasteiger partial charge in [-0.25, -0.2) is 0 Å². The maximum atomic E-state index is 11.7. The molecular weight excluding hydrogens is 280 g/mol. The summed E-state index contributed by atoms with van der Waals surface area (Å²) in [7, 11) is 1.88. The number of halogens is 1. The van der Waals surface area contributed by atoms with Gasteiger partial charge in [0.25, 0.3) is 0 Å². The van der Waals surface area contributed by atoms with Gasteiger partial charge in [-0.15, -0.1) is 11.3 Å². The fourth-order valence-electron chi connectivity index (χ4n) is 2.05. The van der Waals surface area contributed by atoms with Gasteiger partial charge in [0, 0.05) is 11.4 Å². The van der Waals surface area contributed by atoms with E-state index in [1.807, 2.05) is 54.4 Å². The zero-order valence-corrected chi connectivity index (χ0v) is 12.1. The van der Waals surface area contributed by atoms with Crippen molar-refractivity contribution in [3.63, 3.8) is 0 Å². The van der Waals surface area contributed by atoms with Crippen LogP contribution < -0.4 is 5.73 Å². The van der Waals surface area contributed by atoms with Crippen LogP contribution in [-0.4, -0.2) is 17.9 Å². The van der Waals surface area contributed by atoms with Crippen LogP contribution in [0.1, 0.15) is 16.5 Å². The Kier molecular flexibility index (Phi) is 4.58. The summed E-state index contributed by atoms with van der Waals surface area (Å²) in [4.78, 5) is 14.7. The molecule has 100 valence electrons. The molecule has 0 aliphatic carbocycles. The Labute approximate surface area is 121 Å². The average Bonchev–Trinajstić information content (AvgIpc) is 2.75. The first-order valence-corrected chi connectivity index (χ1v) is 7.06. The van der Waals surface area contributed by atoms with E-state index in [1.54, 1.807) is 0 Å². The Morgan fingerprint density at radius 2 is 2.00 bits per heavy atom.